The van der Waals surface area contributed by atoms with Crippen LogP contribution in [-0.4, -0.2) is 31.3 Å². The number of para-hydroxylation sites is 1. The molecule has 7 nitrogen and oxygen atoms in total. The fourth-order valence-corrected chi connectivity index (χ4v) is 5.11. The minimum atomic E-state index is -3.72. The number of benzene rings is 2. The Morgan fingerprint density at radius 2 is 1.87 bits per heavy atom. The molecule has 0 aliphatic carbocycles. The van der Waals surface area contributed by atoms with Crippen molar-refractivity contribution in [3.8, 4) is 0 Å². The van der Waals surface area contributed by atoms with Gasteiger partial charge in [-0.3, -0.25) is 4.79 Å². The number of hydrogen-bond donors (Lipinski definition) is 1. The fraction of sp³-hybridized carbons (Fsp3) is 0.182. The van der Waals surface area contributed by atoms with Gasteiger partial charge in [-0.05, 0) is 55.5 Å². The molecule has 1 N–H and O–H groups in total. The van der Waals surface area contributed by atoms with Crippen LogP contribution in [0.5, 0.6) is 0 Å². The number of nitrogens with zero attached hydrogens (tertiary/aromatic N) is 2. The third kappa shape index (κ3) is 4.53. The van der Waals surface area contributed by atoms with Crippen molar-refractivity contribution in [2.45, 2.75) is 24.4 Å². The maximum Gasteiger partial charge on any atom is 0.254 e. The first kappa shape index (κ1) is 21.2. The van der Waals surface area contributed by atoms with Gasteiger partial charge in [0.1, 0.15) is 10.8 Å². The molecule has 1 atom stereocenters. The lowest BCUT2D eigenvalue weighted by Gasteiger charge is -2.23. The van der Waals surface area contributed by atoms with Gasteiger partial charge in [0.2, 0.25) is 10.0 Å². The summed E-state index contributed by atoms with van der Waals surface area (Å²) in [5.74, 6) is 0.306. The Bertz CT molecular complexity index is 1260. The van der Waals surface area contributed by atoms with Crippen molar-refractivity contribution in [3.63, 3.8) is 0 Å². The second-order valence-electron chi connectivity index (χ2n) is 7.04. The summed E-state index contributed by atoms with van der Waals surface area (Å²) in [6, 6.07) is 16.9. The van der Waals surface area contributed by atoms with E-state index in [9.17, 15) is 13.2 Å². The Kier molecular flexibility index (Phi) is 5.90. The molecular weight excluding hydrogens is 434 g/mol. The van der Waals surface area contributed by atoms with Crippen molar-refractivity contribution >= 4 is 37.5 Å². The van der Waals surface area contributed by atoms with E-state index in [2.05, 4.69) is 9.71 Å². The SMILES string of the molecule is C[C@H](c1nc2ccccc2s1)N(C)C(=O)c1ccc(S(=O)(=O)NCc2ccco2)cc1. The van der Waals surface area contributed by atoms with Gasteiger partial charge in [0.25, 0.3) is 5.91 Å². The molecule has 0 spiro atoms. The van der Waals surface area contributed by atoms with Crippen LogP contribution in [0, 0.1) is 0 Å². The molecular formula is C22H21N3O4S2. The minimum Gasteiger partial charge on any atom is -0.468 e. The Balaban J connectivity index is 1.46. The molecule has 9 heteroatoms. The topological polar surface area (TPSA) is 92.5 Å². The van der Waals surface area contributed by atoms with Crippen LogP contribution in [0.3, 0.4) is 0 Å². The third-order valence-corrected chi connectivity index (χ3v) is 7.62. The molecule has 2 aromatic carbocycles. The van der Waals surface area contributed by atoms with E-state index in [1.807, 2.05) is 31.2 Å². The molecule has 0 radical (unpaired) electrons. The first-order valence-electron chi connectivity index (χ1n) is 9.60. The maximum absolute atomic E-state index is 12.9. The van der Waals surface area contributed by atoms with Crippen molar-refractivity contribution in [2.24, 2.45) is 0 Å². The summed E-state index contributed by atoms with van der Waals surface area (Å²) in [5, 5.41) is 0.846. The number of carbonyl (C=O) groups is 1. The number of nitrogens with one attached hydrogen (secondary N) is 1. The highest BCUT2D eigenvalue weighted by Gasteiger charge is 2.22. The molecule has 0 unspecified atom stereocenters. The van der Waals surface area contributed by atoms with E-state index in [4.69, 9.17) is 4.42 Å². The first-order valence-corrected chi connectivity index (χ1v) is 11.9. The number of carbonyl (C=O) groups excluding carboxylic acids is 1. The van der Waals surface area contributed by atoms with Gasteiger partial charge in [-0.25, -0.2) is 18.1 Å². The fourth-order valence-electron chi connectivity index (χ4n) is 3.05. The molecule has 0 aliphatic heterocycles. The predicted octanol–water partition coefficient (Wildman–Crippen LogP) is 4.20. The summed E-state index contributed by atoms with van der Waals surface area (Å²) < 4.78 is 33.6. The van der Waals surface area contributed by atoms with Crippen molar-refractivity contribution < 1.29 is 17.6 Å². The van der Waals surface area contributed by atoms with E-state index in [-0.39, 0.29) is 23.4 Å². The number of furan rings is 1. The minimum absolute atomic E-state index is 0.0540. The molecule has 2 aromatic heterocycles. The molecule has 31 heavy (non-hydrogen) atoms. The smallest absolute Gasteiger partial charge is 0.254 e. The van der Waals surface area contributed by atoms with Crippen LogP contribution in [0.1, 0.15) is 34.1 Å². The number of thiazole rings is 1. The lowest BCUT2D eigenvalue weighted by atomic mass is 10.2. The van der Waals surface area contributed by atoms with Crippen molar-refractivity contribution in [1.29, 1.82) is 0 Å². The second-order valence-corrected chi connectivity index (χ2v) is 9.87. The molecule has 1 amide bonds. The molecule has 4 aromatic rings. The van der Waals surface area contributed by atoms with E-state index < -0.39 is 10.0 Å². The molecule has 4 rings (SSSR count). The third-order valence-electron chi connectivity index (χ3n) is 5.00. The van der Waals surface area contributed by atoms with Gasteiger partial charge in [-0.2, -0.15) is 0 Å². The van der Waals surface area contributed by atoms with E-state index in [0.717, 1.165) is 15.2 Å². The lowest BCUT2D eigenvalue weighted by molar-refractivity contribution is 0.0742. The number of amides is 1. The molecule has 0 aliphatic rings. The van der Waals surface area contributed by atoms with Crippen LogP contribution in [0.4, 0.5) is 0 Å². The molecule has 2 heterocycles. The monoisotopic (exact) mass is 455 g/mol. The second kappa shape index (κ2) is 8.62. The number of sulfonamides is 1. The van der Waals surface area contributed by atoms with E-state index >= 15 is 0 Å². The van der Waals surface area contributed by atoms with Crippen LogP contribution < -0.4 is 4.72 Å². The van der Waals surface area contributed by atoms with Crippen molar-refractivity contribution in [1.82, 2.24) is 14.6 Å². The molecule has 0 saturated heterocycles. The van der Waals surface area contributed by atoms with Gasteiger partial charge in [-0.1, -0.05) is 12.1 Å². The maximum atomic E-state index is 12.9. The zero-order chi connectivity index (χ0) is 22.0. The highest BCUT2D eigenvalue weighted by atomic mass is 32.2. The summed E-state index contributed by atoms with van der Waals surface area (Å²) in [6.45, 7) is 1.98. The number of fused-ring (bicyclic) bond motifs is 1. The summed E-state index contributed by atoms with van der Waals surface area (Å²) in [5.41, 5.74) is 1.31. The van der Waals surface area contributed by atoms with Crippen LogP contribution in [0.2, 0.25) is 0 Å². The summed E-state index contributed by atoms with van der Waals surface area (Å²) in [7, 11) is -2.00. The predicted molar refractivity (Wildman–Crippen MR) is 119 cm³/mol. The Morgan fingerprint density at radius 1 is 1.13 bits per heavy atom. The van der Waals surface area contributed by atoms with Gasteiger partial charge in [-0.15, -0.1) is 11.3 Å². The van der Waals surface area contributed by atoms with Gasteiger partial charge in [0.05, 0.1) is 34.0 Å². The summed E-state index contributed by atoms with van der Waals surface area (Å²) in [4.78, 5) is 19.3. The Labute approximate surface area is 184 Å². The standard InChI is InChI=1S/C22H21N3O4S2/c1-15(21-24-19-7-3-4-8-20(19)30-21)25(2)22(26)16-9-11-18(12-10-16)31(27,28)23-14-17-6-5-13-29-17/h3-13,15,23H,14H2,1-2H3/t15-/m1/s1. The molecule has 0 bridgehead atoms. The van der Waals surface area contributed by atoms with Crippen LogP contribution in [0.15, 0.2) is 76.2 Å². The number of rotatable bonds is 7. The van der Waals surface area contributed by atoms with Crippen molar-refractivity contribution in [3.05, 3.63) is 83.3 Å². The summed E-state index contributed by atoms with van der Waals surface area (Å²) >= 11 is 1.56. The van der Waals surface area contributed by atoms with Gasteiger partial charge < -0.3 is 9.32 Å². The Hall–Kier alpha value is -3.01. The zero-order valence-electron chi connectivity index (χ0n) is 17.0. The average molecular weight is 456 g/mol. The van der Waals surface area contributed by atoms with Gasteiger partial charge >= 0.3 is 0 Å². The van der Waals surface area contributed by atoms with Crippen LogP contribution in [-0.2, 0) is 16.6 Å². The van der Waals surface area contributed by atoms with Crippen molar-refractivity contribution in [2.75, 3.05) is 7.05 Å². The molecule has 0 fully saturated rings. The summed E-state index contributed by atoms with van der Waals surface area (Å²) in [6.07, 6.45) is 1.48. The molecule has 160 valence electrons. The quantitative estimate of drug-likeness (QED) is 0.451. The normalized spacial score (nSPS) is 12.7. The van der Waals surface area contributed by atoms with E-state index in [1.165, 1.54) is 30.5 Å². The Morgan fingerprint density at radius 3 is 2.55 bits per heavy atom. The lowest BCUT2D eigenvalue weighted by Crippen LogP contribution is -2.29. The number of aromatic nitrogens is 1. The van der Waals surface area contributed by atoms with Crippen LogP contribution >= 0.6 is 11.3 Å². The van der Waals surface area contributed by atoms with E-state index in [1.54, 1.807) is 35.4 Å². The van der Waals surface area contributed by atoms with Gasteiger partial charge in [0, 0.05) is 12.6 Å². The highest BCUT2D eigenvalue weighted by Crippen LogP contribution is 2.29. The average Bonchev–Trinajstić information content (AvgIpc) is 3.46. The van der Waals surface area contributed by atoms with E-state index in [0.29, 0.717) is 11.3 Å². The molecule has 0 saturated carbocycles. The van der Waals surface area contributed by atoms with Crippen LogP contribution in [0.25, 0.3) is 10.2 Å². The van der Waals surface area contributed by atoms with Gasteiger partial charge in [0.15, 0.2) is 0 Å². The zero-order valence-corrected chi connectivity index (χ0v) is 18.6. The highest BCUT2D eigenvalue weighted by molar-refractivity contribution is 7.89. The first-order chi connectivity index (χ1) is 14.8. The largest absolute Gasteiger partial charge is 0.468 e. The number of hydrogen-bond acceptors (Lipinski definition) is 6.